The molecule has 0 saturated carbocycles. The lowest BCUT2D eigenvalue weighted by Gasteiger charge is -2.13. The van der Waals surface area contributed by atoms with Crippen molar-refractivity contribution < 1.29 is 9.53 Å². The first kappa shape index (κ1) is 23.9. The minimum absolute atomic E-state index is 0.211. The van der Waals surface area contributed by atoms with Crippen LogP contribution in [0.4, 0.5) is 0 Å². The molecule has 0 amide bonds. The van der Waals surface area contributed by atoms with Crippen molar-refractivity contribution in [3.63, 3.8) is 0 Å². The Morgan fingerprint density at radius 1 is 1.21 bits per heavy atom. The van der Waals surface area contributed by atoms with Crippen molar-refractivity contribution in [3.8, 4) is 0 Å². The van der Waals surface area contributed by atoms with Gasteiger partial charge in [-0.15, -0.1) is 0 Å². The lowest BCUT2D eigenvalue weighted by atomic mass is 10.2. The number of ether oxygens (including phenoxy) is 1. The van der Waals surface area contributed by atoms with Gasteiger partial charge in [-0.05, 0) is 44.5 Å². The summed E-state index contributed by atoms with van der Waals surface area (Å²) in [5, 5.41) is 6.02. The smallest absolute Gasteiger partial charge is 0.328 e. The third kappa shape index (κ3) is 4.68. The highest BCUT2D eigenvalue weighted by atomic mass is 79.9. The first-order valence-electron chi connectivity index (χ1n) is 11.5. The molecule has 2 aromatic carbocycles. The fourth-order valence-corrected chi connectivity index (χ4v) is 4.32. The first-order chi connectivity index (χ1) is 16.4. The van der Waals surface area contributed by atoms with Crippen LogP contribution >= 0.6 is 15.9 Å². The zero-order valence-electron chi connectivity index (χ0n) is 19.5. The number of esters is 1. The van der Waals surface area contributed by atoms with Gasteiger partial charge in [-0.3, -0.25) is 4.79 Å². The highest BCUT2D eigenvalue weighted by Crippen LogP contribution is 2.24. The Morgan fingerprint density at radius 2 is 2.00 bits per heavy atom. The van der Waals surface area contributed by atoms with E-state index in [0.717, 1.165) is 33.8 Å². The second-order valence-corrected chi connectivity index (χ2v) is 9.01. The number of carbonyl (C=O) groups is 1. The number of aromatic nitrogens is 3. The van der Waals surface area contributed by atoms with Crippen LogP contribution in [-0.2, 0) is 16.0 Å². The number of para-hydroxylation sites is 1. The number of hydrogen-bond donors (Lipinski definition) is 0. The van der Waals surface area contributed by atoms with Gasteiger partial charge >= 0.3 is 5.97 Å². The van der Waals surface area contributed by atoms with Crippen molar-refractivity contribution in [2.45, 2.75) is 46.1 Å². The highest BCUT2D eigenvalue weighted by Gasteiger charge is 2.19. The van der Waals surface area contributed by atoms with Crippen LogP contribution in [0.5, 0.6) is 0 Å². The van der Waals surface area contributed by atoms with E-state index in [9.17, 15) is 9.59 Å². The van der Waals surface area contributed by atoms with E-state index in [-0.39, 0.29) is 11.5 Å². The molecule has 34 heavy (non-hydrogen) atoms. The van der Waals surface area contributed by atoms with E-state index in [1.54, 1.807) is 19.2 Å². The van der Waals surface area contributed by atoms with Gasteiger partial charge < -0.3 is 9.30 Å². The van der Waals surface area contributed by atoms with Gasteiger partial charge in [-0.25, -0.2) is 9.78 Å². The number of halogens is 1. The molecule has 2 aromatic heterocycles. The molecule has 0 aliphatic carbocycles. The summed E-state index contributed by atoms with van der Waals surface area (Å²) in [6.07, 6.45) is 6.07. The first-order valence-corrected chi connectivity index (χ1v) is 12.3. The van der Waals surface area contributed by atoms with Gasteiger partial charge in [-0.1, -0.05) is 47.5 Å². The van der Waals surface area contributed by atoms with Gasteiger partial charge in [0.05, 0.1) is 23.7 Å². The van der Waals surface area contributed by atoms with E-state index in [1.165, 1.54) is 4.68 Å². The average molecular weight is 523 g/mol. The Labute approximate surface area is 206 Å². The van der Waals surface area contributed by atoms with Gasteiger partial charge in [0, 0.05) is 33.6 Å². The van der Waals surface area contributed by atoms with Crippen LogP contribution < -0.4 is 5.56 Å². The quantitative estimate of drug-likeness (QED) is 0.227. The summed E-state index contributed by atoms with van der Waals surface area (Å²) in [5.41, 5.74) is 2.14. The number of unbranched alkanes of at least 4 members (excludes halogenated alkanes) is 1. The summed E-state index contributed by atoms with van der Waals surface area (Å²) >= 11 is 3.44. The lowest BCUT2D eigenvalue weighted by Crippen LogP contribution is -2.22. The fraction of sp³-hybridized carbons (Fsp3) is 0.308. The van der Waals surface area contributed by atoms with Crippen molar-refractivity contribution in [1.82, 2.24) is 14.2 Å². The number of carbonyl (C=O) groups excluding carboxylic acids is 1. The molecule has 4 rings (SSSR count). The van der Waals surface area contributed by atoms with E-state index < -0.39 is 6.04 Å². The lowest BCUT2D eigenvalue weighted by molar-refractivity contribution is -0.146. The molecule has 0 bridgehead atoms. The normalized spacial score (nSPS) is 12.6. The maximum Gasteiger partial charge on any atom is 0.328 e. The van der Waals surface area contributed by atoms with E-state index in [4.69, 9.17) is 9.72 Å². The Morgan fingerprint density at radius 3 is 2.76 bits per heavy atom. The summed E-state index contributed by atoms with van der Waals surface area (Å²) in [6.45, 7) is 6.03. The molecular formula is C26H27BrN4O3. The molecule has 0 saturated heterocycles. The molecule has 0 unspecified atom stereocenters. The molecule has 0 fully saturated rings. The maximum atomic E-state index is 13.3. The summed E-state index contributed by atoms with van der Waals surface area (Å²) in [7, 11) is 0. The zero-order valence-corrected chi connectivity index (χ0v) is 21.1. The molecule has 8 heteroatoms. The minimum atomic E-state index is -0.491. The molecule has 0 aliphatic heterocycles. The predicted molar refractivity (Wildman–Crippen MR) is 139 cm³/mol. The molecule has 0 spiro atoms. The van der Waals surface area contributed by atoms with Gasteiger partial charge in [-0.2, -0.15) is 9.78 Å². The van der Waals surface area contributed by atoms with Gasteiger partial charge in [0.15, 0.2) is 0 Å². The molecular weight excluding hydrogens is 496 g/mol. The van der Waals surface area contributed by atoms with Crippen LogP contribution in [-0.4, -0.2) is 33.0 Å². The van der Waals surface area contributed by atoms with Crippen LogP contribution in [0.25, 0.3) is 21.8 Å². The molecule has 7 nitrogen and oxygen atoms in total. The van der Waals surface area contributed by atoms with Crippen LogP contribution in [0, 0.1) is 0 Å². The Kier molecular flexibility index (Phi) is 7.26. The number of hydrogen-bond acceptors (Lipinski definition) is 5. The number of nitrogens with zero attached hydrogens (tertiary/aromatic N) is 4. The summed E-state index contributed by atoms with van der Waals surface area (Å²) in [5.74, 6) is 0.329. The molecule has 0 radical (unpaired) electrons. The SMILES string of the molecule is CCCCc1nc2ccc(Br)cc2c(=O)n1N=Cc1cn([C@@H](C)C(=O)OCC)c2ccccc12. The van der Waals surface area contributed by atoms with E-state index in [2.05, 4.69) is 28.0 Å². The van der Waals surface area contributed by atoms with Crippen molar-refractivity contribution in [1.29, 1.82) is 0 Å². The monoisotopic (exact) mass is 522 g/mol. The maximum absolute atomic E-state index is 13.3. The van der Waals surface area contributed by atoms with Crippen LogP contribution in [0.3, 0.4) is 0 Å². The van der Waals surface area contributed by atoms with Crippen LogP contribution in [0.1, 0.15) is 51.0 Å². The van der Waals surface area contributed by atoms with Crippen LogP contribution in [0.2, 0.25) is 0 Å². The van der Waals surface area contributed by atoms with Crippen molar-refractivity contribution >= 4 is 49.9 Å². The Balaban J connectivity index is 1.83. The van der Waals surface area contributed by atoms with E-state index >= 15 is 0 Å². The van der Waals surface area contributed by atoms with Crippen molar-refractivity contribution in [3.05, 3.63) is 74.9 Å². The molecule has 2 heterocycles. The van der Waals surface area contributed by atoms with Crippen molar-refractivity contribution in [2.75, 3.05) is 6.61 Å². The summed E-state index contributed by atoms with van der Waals surface area (Å²) in [6, 6.07) is 12.8. The van der Waals surface area contributed by atoms with Gasteiger partial charge in [0.2, 0.25) is 0 Å². The third-order valence-corrected chi connectivity index (χ3v) is 6.25. The zero-order chi connectivity index (χ0) is 24.2. The van der Waals surface area contributed by atoms with Gasteiger partial charge in [0.25, 0.3) is 5.56 Å². The van der Waals surface area contributed by atoms with Gasteiger partial charge in [0.1, 0.15) is 11.9 Å². The standard InChI is InChI=1S/C26H27BrN4O3/c1-4-6-11-24-29-22-13-12-19(27)14-21(22)25(32)31(24)28-15-18-16-30(17(3)26(33)34-5-2)23-10-8-7-9-20(18)23/h7-10,12-17H,4-6,11H2,1-3H3/t17-/m0/s1. The summed E-state index contributed by atoms with van der Waals surface area (Å²) in [4.78, 5) is 30.5. The molecule has 0 N–H and O–H groups in total. The fourth-order valence-electron chi connectivity index (χ4n) is 3.96. The second-order valence-electron chi connectivity index (χ2n) is 8.09. The van der Waals surface area contributed by atoms with Crippen molar-refractivity contribution in [2.24, 2.45) is 5.10 Å². The predicted octanol–water partition coefficient (Wildman–Crippen LogP) is 5.46. The van der Waals surface area contributed by atoms with E-state index in [0.29, 0.717) is 29.8 Å². The topological polar surface area (TPSA) is 78.5 Å². The highest BCUT2D eigenvalue weighted by molar-refractivity contribution is 9.10. The Hall–Kier alpha value is -3.26. The molecule has 176 valence electrons. The molecule has 1 atom stereocenters. The largest absolute Gasteiger partial charge is 0.464 e. The number of rotatable bonds is 8. The number of fused-ring (bicyclic) bond motifs is 2. The summed E-state index contributed by atoms with van der Waals surface area (Å²) < 4.78 is 9.30. The van der Waals surface area contributed by atoms with Crippen LogP contribution in [0.15, 0.2) is 63.0 Å². The van der Waals surface area contributed by atoms with E-state index in [1.807, 2.05) is 54.1 Å². The second kappa shape index (κ2) is 10.3. The Bertz CT molecular complexity index is 1440. The minimum Gasteiger partial charge on any atom is -0.464 e. The molecule has 0 aliphatic rings. The number of benzene rings is 2. The molecule has 4 aromatic rings. The number of aryl methyl sites for hydroxylation is 1. The average Bonchev–Trinajstić information content (AvgIpc) is 3.21. The third-order valence-electron chi connectivity index (χ3n) is 5.76.